The van der Waals surface area contributed by atoms with Crippen molar-refractivity contribution in [1.82, 2.24) is 9.36 Å². The maximum absolute atomic E-state index is 13.8. The lowest BCUT2D eigenvalue weighted by Crippen LogP contribution is -2.27. The fourth-order valence-electron chi connectivity index (χ4n) is 2.08. The number of rotatable bonds is 5. The van der Waals surface area contributed by atoms with Gasteiger partial charge in [0.2, 0.25) is 0 Å². The molecule has 25 heavy (non-hydrogen) atoms. The van der Waals surface area contributed by atoms with Crippen LogP contribution in [0.3, 0.4) is 0 Å². The Labute approximate surface area is 148 Å². The summed E-state index contributed by atoms with van der Waals surface area (Å²) in [5.74, 6) is 0.324. The number of anilines is 1. The topological polar surface area (TPSA) is 72.4 Å². The second kappa shape index (κ2) is 6.77. The van der Waals surface area contributed by atoms with E-state index >= 15 is 0 Å². The Hall–Kier alpha value is -2.52. The number of aryl methyl sites for hydroxylation is 1. The van der Waals surface area contributed by atoms with E-state index in [1.165, 1.54) is 25.2 Å². The van der Waals surface area contributed by atoms with Gasteiger partial charge in [-0.25, -0.2) is 12.8 Å². The highest BCUT2D eigenvalue weighted by molar-refractivity contribution is 7.92. The summed E-state index contributed by atoms with van der Waals surface area (Å²) in [6.07, 6.45) is 0. The molecule has 3 rings (SSSR count). The summed E-state index contributed by atoms with van der Waals surface area (Å²) in [4.78, 5) is 3.72. The van der Waals surface area contributed by atoms with Gasteiger partial charge in [0.1, 0.15) is 22.3 Å². The molecule has 0 amide bonds. The van der Waals surface area contributed by atoms with Gasteiger partial charge in [-0.15, -0.1) is 0 Å². The maximum Gasteiger partial charge on any atom is 0.298 e. The van der Waals surface area contributed by atoms with Gasteiger partial charge in [0.15, 0.2) is 0 Å². The van der Waals surface area contributed by atoms with Crippen molar-refractivity contribution in [2.75, 3.05) is 11.4 Å². The molecule has 6 nitrogen and oxygen atoms in total. The van der Waals surface area contributed by atoms with Crippen LogP contribution in [0.1, 0.15) is 5.82 Å². The van der Waals surface area contributed by atoms with Crippen molar-refractivity contribution in [3.05, 3.63) is 60.2 Å². The molecule has 0 aliphatic carbocycles. The van der Waals surface area contributed by atoms with Crippen LogP contribution in [0, 0.1) is 12.7 Å². The smallest absolute Gasteiger partial charge is 0.298 e. The largest absolute Gasteiger partial charge is 0.430 e. The summed E-state index contributed by atoms with van der Waals surface area (Å²) in [5.41, 5.74) is 0.379. The third kappa shape index (κ3) is 3.62. The Bertz CT molecular complexity index is 988. The van der Waals surface area contributed by atoms with Gasteiger partial charge in [-0.3, -0.25) is 4.31 Å². The number of ether oxygens (including phenoxy) is 1. The predicted molar refractivity (Wildman–Crippen MR) is 93.2 cm³/mol. The molecule has 1 heterocycles. The van der Waals surface area contributed by atoms with Gasteiger partial charge in [0.25, 0.3) is 15.2 Å². The van der Waals surface area contributed by atoms with Crippen LogP contribution in [-0.4, -0.2) is 24.8 Å². The number of benzene rings is 2. The van der Waals surface area contributed by atoms with Crippen molar-refractivity contribution < 1.29 is 17.5 Å². The lowest BCUT2D eigenvalue weighted by molar-refractivity contribution is 0.478. The van der Waals surface area contributed by atoms with Crippen molar-refractivity contribution >= 4 is 27.2 Å². The minimum Gasteiger partial charge on any atom is -0.430 e. The third-order valence-corrected chi connectivity index (χ3v) is 5.89. The summed E-state index contributed by atoms with van der Waals surface area (Å²) >= 11 is 1.13. The molecule has 0 atom stereocenters. The second-order valence-corrected chi connectivity index (χ2v) is 7.76. The first kappa shape index (κ1) is 17.3. The molecule has 0 bridgehead atoms. The molecule has 0 aliphatic rings. The van der Waals surface area contributed by atoms with E-state index in [0.717, 1.165) is 21.9 Å². The highest BCUT2D eigenvalue weighted by Crippen LogP contribution is 2.28. The van der Waals surface area contributed by atoms with Crippen molar-refractivity contribution in [2.45, 2.75) is 11.8 Å². The average molecular weight is 379 g/mol. The highest BCUT2D eigenvalue weighted by Gasteiger charge is 2.24. The lowest BCUT2D eigenvalue weighted by Gasteiger charge is -2.20. The molecule has 0 radical (unpaired) electrons. The average Bonchev–Trinajstić information content (AvgIpc) is 3.00. The zero-order chi connectivity index (χ0) is 18.0. The van der Waals surface area contributed by atoms with Crippen molar-refractivity contribution in [2.24, 2.45) is 0 Å². The minimum atomic E-state index is -3.99. The molecule has 0 unspecified atom stereocenters. The molecule has 0 saturated heterocycles. The highest BCUT2D eigenvalue weighted by atomic mass is 32.2. The Morgan fingerprint density at radius 2 is 1.80 bits per heavy atom. The van der Waals surface area contributed by atoms with E-state index in [4.69, 9.17) is 4.74 Å². The molecule has 9 heteroatoms. The van der Waals surface area contributed by atoms with Gasteiger partial charge >= 0.3 is 0 Å². The van der Waals surface area contributed by atoms with Gasteiger partial charge in [0.05, 0.1) is 5.69 Å². The van der Waals surface area contributed by atoms with E-state index < -0.39 is 15.8 Å². The molecule has 0 spiro atoms. The number of hydrogen-bond donors (Lipinski definition) is 0. The molecule has 0 aliphatic heterocycles. The van der Waals surface area contributed by atoms with Crippen LogP contribution in [0.4, 0.5) is 10.1 Å². The van der Waals surface area contributed by atoms with E-state index in [0.29, 0.717) is 22.5 Å². The first-order chi connectivity index (χ1) is 11.9. The Morgan fingerprint density at radius 1 is 1.12 bits per heavy atom. The van der Waals surface area contributed by atoms with E-state index in [2.05, 4.69) is 9.36 Å². The molecule has 2 aromatic carbocycles. The molecule has 0 N–H and O–H groups in total. The summed E-state index contributed by atoms with van der Waals surface area (Å²) in [5, 5.41) is 0.401. The standard InChI is InChI=1S/C16H14FN3O3S2/c1-11-18-16(24-19-11)23-13-9-7-12(8-10-13)20(2)25(21,22)15-6-4-3-5-14(15)17/h3-10H,1-2H3. The maximum atomic E-state index is 13.8. The molecule has 0 fully saturated rings. The lowest BCUT2D eigenvalue weighted by atomic mass is 10.3. The van der Waals surface area contributed by atoms with E-state index in [9.17, 15) is 12.8 Å². The quantitative estimate of drug-likeness (QED) is 0.677. The van der Waals surface area contributed by atoms with Gasteiger partial charge in [-0.05, 0) is 43.3 Å². The first-order valence-electron chi connectivity index (χ1n) is 7.19. The van der Waals surface area contributed by atoms with Crippen molar-refractivity contribution in [3.63, 3.8) is 0 Å². The van der Waals surface area contributed by atoms with Gasteiger partial charge in [-0.1, -0.05) is 12.1 Å². The number of sulfonamides is 1. The van der Waals surface area contributed by atoms with Crippen LogP contribution in [0.25, 0.3) is 0 Å². The number of aromatic nitrogens is 2. The monoisotopic (exact) mass is 379 g/mol. The van der Waals surface area contributed by atoms with Crippen LogP contribution < -0.4 is 9.04 Å². The van der Waals surface area contributed by atoms with Gasteiger partial charge < -0.3 is 4.74 Å². The minimum absolute atomic E-state index is 0.373. The zero-order valence-electron chi connectivity index (χ0n) is 13.4. The fourth-order valence-corrected chi connectivity index (χ4v) is 3.90. The summed E-state index contributed by atoms with van der Waals surface area (Å²) in [6.45, 7) is 1.76. The molecular formula is C16H14FN3O3S2. The summed E-state index contributed by atoms with van der Waals surface area (Å²) < 4.78 is 49.5. The van der Waals surface area contributed by atoms with Crippen molar-refractivity contribution in [3.8, 4) is 10.9 Å². The van der Waals surface area contributed by atoms with Crippen LogP contribution in [0.2, 0.25) is 0 Å². The normalized spacial score (nSPS) is 11.3. The molecule has 1 aromatic heterocycles. The molecular weight excluding hydrogens is 365 g/mol. The summed E-state index contributed by atoms with van der Waals surface area (Å²) in [6, 6.07) is 11.6. The molecule has 0 saturated carbocycles. The van der Waals surface area contributed by atoms with Crippen LogP contribution in [0.5, 0.6) is 10.9 Å². The zero-order valence-corrected chi connectivity index (χ0v) is 15.0. The Morgan fingerprint density at radius 3 is 2.40 bits per heavy atom. The van der Waals surface area contributed by atoms with Crippen LogP contribution >= 0.6 is 11.5 Å². The van der Waals surface area contributed by atoms with Crippen molar-refractivity contribution in [1.29, 1.82) is 0 Å². The van der Waals surface area contributed by atoms with Gasteiger partial charge in [-0.2, -0.15) is 9.36 Å². The summed E-state index contributed by atoms with van der Waals surface area (Å²) in [7, 11) is -2.63. The Kier molecular flexibility index (Phi) is 4.69. The van der Waals surface area contributed by atoms with E-state index in [1.807, 2.05) is 0 Å². The van der Waals surface area contributed by atoms with Crippen LogP contribution in [-0.2, 0) is 10.0 Å². The molecule has 130 valence electrons. The predicted octanol–water partition coefficient (Wildman–Crippen LogP) is 3.60. The third-order valence-electron chi connectivity index (χ3n) is 3.39. The second-order valence-electron chi connectivity index (χ2n) is 5.11. The molecule has 3 aromatic rings. The number of halogens is 1. The number of hydrogen-bond acceptors (Lipinski definition) is 6. The SMILES string of the molecule is Cc1nsc(Oc2ccc(N(C)S(=O)(=O)c3ccccc3F)cc2)n1. The number of nitrogens with zero attached hydrogens (tertiary/aromatic N) is 3. The van der Waals surface area contributed by atoms with E-state index in [1.54, 1.807) is 31.2 Å². The van der Waals surface area contributed by atoms with E-state index in [-0.39, 0.29) is 4.90 Å². The van der Waals surface area contributed by atoms with Gasteiger partial charge in [0, 0.05) is 18.6 Å². The van der Waals surface area contributed by atoms with Crippen LogP contribution in [0.15, 0.2) is 53.4 Å². The Balaban J connectivity index is 1.83. The fraction of sp³-hybridized carbons (Fsp3) is 0.125. The first-order valence-corrected chi connectivity index (χ1v) is 9.41.